The first kappa shape index (κ1) is 7.74. The van der Waals surface area contributed by atoms with Crippen molar-refractivity contribution in [1.29, 1.82) is 5.26 Å². The number of pyridine rings is 1. The van der Waals surface area contributed by atoms with Crippen molar-refractivity contribution in [2.45, 2.75) is 6.92 Å². The van der Waals surface area contributed by atoms with E-state index in [9.17, 15) is 0 Å². The molecule has 2 heterocycles. The van der Waals surface area contributed by atoms with Crippen molar-refractivity contribution < 1.29 is 0 Å². The molecule has 0 bridgehead atoms. The van der Waals surface area contributed by atoms with Crippen molar-refractivity contribution in [3.05, 3.63) is 23.7 Å². The molecular weight excluding hydrogens is 164 g/mol. The van der Waals surface area contributed by atoms with Gasteiger partial charge in [0.05, 0.1) is 11.2 Å². The first-order valence-electron chi connectivity index (χ1n) is 3.92. The van der Waals surface area contributed by atoms with Crippen molar-refractivity contribution in [3.8, 4) is 6.07 Å². The van der Waals surface area contributed by atoms with Crippen LogP contribution in [0.3, 0.4) is 0 Å². The van der Waals surface area contributed by atoms with Gasteiger partial charge in [-0.15, -0.1) is 0 Å². The lowest BCUT2D eigenvalue weighted by atomic mass is 10.2. The van der Waals surface area contributed by atoms with Gasteiger partial charge in [0.15, 0.2) is 0 Å². The number of hydrogen-bond acceptors (Lipinski definition) is 3. The third kappa shape index (κ3) is 1.05. The van der Waals surface area contributed by atoms with Gasteiger partial charge in [-0.05, 0) is 6.92 Å². The first-order valence-corrected chi connectivity index (χ1v) is 3.92. The predicted molar refractivity (Wildman–Crippen MR) is 48.0 cm³/mol. The fourth-order valence-electron chi connectivity index (χ4n) is 1.39. The summed E-state index contributed by atoms with van der Waals surface area (Å²) < 4.78 is 1.76. The lowest BCUT2D eigenvalue weighted by Gasteiger charge is -1.92. The maximum Gasteiger partial charge on any atom is 0.142 e. The zero-order chi connectivity index (χ0) is 9.42. The molecule has 0 saturated carbocycles. The van der Waals surface area contributed by atoms with E-state index in [-0.39, 0.29) is 0 Å². The molecule has 0 fully saturated rings. The Bertz CT molecular complexity index is 504. The summed E-state index contributed by atoms with van der Waals surface area (Å²) in [6, 6.07) is 3.75. The Kier molecular flexibility index (Phi) is 1.52. The van der Waals surface area contributed by atoms with Crippen LogP contribution in [0, 0.1) is 18.3 Å². The second-order valence-electron chi connectivity index (χ2n) is 2.91. The van der Waals surface area contributed by atoms with Crippen LogP contribution in [-0.2, 0) is 7.05 Å². The topological polar surface area (TPSA) is 54.5 Å². The van der Waals surface area contributed by atoms with E-state index in [1.54, 1.807) is 16.9 Å². The van der Waals surface area contributed by atoms with Crippen molar-refractivity contribution >= 4 is 10.9 Å². The summed E-state index contributed by atoms with van der Waals surface area (Å²) in [5.41, 5.74) is 2.31. The molecule has 4 nitrogen and oxygen atoms in total. The summed E-state index contributed by atoms with van der Waals surface area (Å²) in [5.74, 6) is 0. The van der Waals surface area contributed by atoms with E-state index in [4.69, 9.17) is 5.26 Å². The Morgan fingerprint density at radius 3 is 3.00 bits per heavy atom. The van der Waals surface area contributed by atoms with Crippen molar-refractivity contribution in [2.75, 3.05) is 0 Å². The van der Waals surface area contributed by atoms with Gasteiger partial charge in [0.2, 0.25) is 0 Å². The molecule has 0 aliphatic rings. The second-order valence-corrected chi connectivity index (χ2v) is 2.91. The van der Waals surface area contributed by atoms with Gasteiger partial charge in [-0.3, -0.25) is 4.68 Å². The van der Waals surface area contributed by atoms with Gasteiger partial charge in [-0.1, -0.05) is 0 Å². The van der Waals surface area contributed by atoms with Crippen LogP contribution in [0.25, 0.3) is 10.9 Å². The van der Waals surface area contributed by atoms with Gasteiger partial charge in [0.1, 0.15) is 11.8 Å². The SMILES string of the molecule is Cc1nn(C)c2cc(C#N)ncc12. The molecule has 2 aromatic rings. The molecule has 4 heteroatoms. The summed E-state index contributed by atoms with van der Waals surface area (Å²) >= 11 is 0. The highest BCUT2D eigenvalue weighted by Gasteiger charge is 2.05. The maximum absolute atomic E-state index is 8.65. The molecular formula is C9H8N4. The van der Waals surface area contributed by atoms with E-state index in [0.29, 0.717) is 5.69 Å². The van der Waals surface area contributed by atoms with Crippen LogP contribution in [0.15, 0.2) is 12.3 Å². The average Bonchev–Trinajstić information content (AvgIpc) is 2.42. The number of fused-ring (bicyclic) bond motifs is 1. The molecule has 0 spiro atoms. The van der Waals surface area contributed by atoms with Gasteiger partial charge in [0.25, 0.3) is 0 Å². The molecule has 0 amide bonds. The molecule has 0 N–H and O–H groups in total. The highest BCUT2D eigenvalue weighted by atomic mass is 15.3. The third-order valence-corrected chi connectivity index (χ3v) is 2.04. The molecule has 0 unspecified atom stereocenters. The lowest BCUT2D eigenvalue weighted by molar-refractivity contribution is 0.783. The Hall–Kier alpha value is -1.89. The zero-order valence-electron chi connectivity index (χ0n) is 7.44. The highest BCUT2D eigenvalue weighted by molar-refractivity contribution is 5.81. The molecule has 0 radical (unpaired) electrons. The second kappa shape index (κ2) is 2.56. The smallest absolute Gasteiger partial charge is 0.142 e. The normalized spacial score (nSPS) is 10.2. The van der Waals surface area contributed by atoms with Crippen LogP contribution in [0.1, 0.15) is 11.4 Å². The van der Waals surface area contributed by atoms with Gasteiger partial charge in [-0.2, -0.15) is 10.4 Å². The minimum Gasteiger partial charge on any atom is -0.268 e. The summed E-state index contributed by atoms with van der Waals surface area (Å²) in [6.45, 7) is 1.93. The quantitative estimate of drug-likeness (QED) is 0.599. The summed E-state index contributed by atoms with van der Waals surface area (Å²) in [6.07, 6.45) is 1.69. The monoisotopic (exact) mass is 172 g/mol. The zero-order valence-corrected chi connectivity index (χ0v) is 7.44. The lowest BCUT2D eigenvalue weighted by Crippen LogP contribution is -1.90. The number of aromatic nitrogens is 3. The Morgan fingerprint density at radius 2 is 2.31 bits per heavy atom. The maximum atomic E-state index is 8.65. The standard InChI is InChI=1S/C9H8N4/c1-6-8-5-11-7(4-10)3-9(8)13(2)12-6/h3,5H,1-2H3. The van der Waals surface area contributed by atoms with Crippen LogP contribution in [-0.4, -0.2) is 14.8 Å². The van der Waals surface area contributed by atoms with Crippen LogP contribution in [0.2, 0.25) is 0 Å². The Labute approximate surface area is 75.4 Å². The highest BCUT2D eigenvalue weighted by Crippen LogP contribution is 2.16. The van der Waals surface area contributed by atoms with Crippen molar-refractivity contribution in [3.63, 3.8) is 0 Å². The minimum atomic E-state index is 0.426. The van der Waals surface area contributed by atoms with E-state index >= 15 is 0 Å². The average molecular weight is 172 g/mol. The Morgan fingerprint density at radius 1 is 1.54 bits per heavy atom. The van der Waals surface area contributed by atoms with Crippen LogP contribution >= 0.6 is 0 Å². The molecule has 0 saturated heterocycles. The largest absolute Gasteiger partial charge is 0.268 e. The fourth-order valence-corrected chi connectivity index (χ4v) is 1.39. The van der Waals surface area contributed by atoms with Gasteiger partial charge in [-0.25, -0.2) is 4.98 Å². The molecule has 0 aromatic carbocycles. The van der Waals surface area contributed by atoms with E-state index in [0.717, 1.165) is 16.6 Å². The van der Waals surface area contributed by atoms with Crippen LogP contribution in [0.5, 0.6) is 0 Å². The number of rotatable bonds is 0. The number of nitrogens with zero attached hydrogens (tertiary/aromatic N) is 4. The van der Waals surface area contributed by atoms with Gasteiger partial charge >= 0.3 is 0 Å². The van der Waals surface area contributed by atoms with Crippen molar-refractivity contribution in [1.82, 2.24) is 14.8 Å². The minimum absolute atomic E-state index is 0.426. The van der Waals surface area contributed by atoms with Crippen LogP contribution in [0.4, 0.5) is 0 Å². The molecule has 2 rings (SSSR count). The first-order chi connectivity index (χ1) is 6.22. The molecule has 0 aliphatic carbocycles. The number of aryl methyl sites for hydroxylation is 2. The van der Waals surface area contributed by atoms with Crippen LogP contribution < -0.4 is 0 Å². The van der Waals surface area contributed by atoms with E-state index in [1.165, 1.54) is 0 Å². The van der Waals surface area contributed by atoms with Gasteiger partial charge < -0.3 is 0 Å². The summed E-state index contributed by atoms with van der Waals surface area (Å²) in [7, 11) is 1.86. The number of nitriles is 1. The molecule has 0 aliphatic heterocycles. The molecule has 0 atom stereocenters. The molecule has 13 heavy (non-hydrogen) atoms. The Balaban J connectivity index is 2.86. The molecule has 64 valence electrons. The van der Waals surface area contributed by atoms with Gasteiger partial charge in [0, 0.05) is 24.7 Å². The fraction of sp³-hybridized carbons (Fsp3) is 0.222. The summed E-state index contributed by atoms with van der Waals surface area (Å²) in [4.78, 5) is 3.99. The third-order valence-electron chi connectivity index (χ3n) is 2.04. The predicted octanol–water partition coefficient (Wildman–Crippen LogP) is 1.15. The summed E-state index contributed by atoms with van der Waals surface area (Å²) in [5, 5.41) is 13.9. The molecule has 2 aromatic heterocycles. The van der Waals surface area contributed by atoms with E-state index in [2.05, 4.69) is 10.1 Å². The van der Waals surface area contributed by atoms with E-state index in [1.807, 2.05) is 20.0 Å². The van der Waals surface area contributed by atoms with E-state index < -0.39 is 0 Å². The van der Waals surface area contributed by atoms with Crippen molar-refractivity contribution in [2.24, 2.45) is 7.05 Å². The number of hydrogen-bond donors (Lipinski definition) is 0.